The van der Waals surface area contributed by atoms with E-state index in [2.05, 4.69) is 193 Å². The number of benzene rings is 8. The third-order valence-corrected chi connectivity index (χ3v) is 11.9. The molecule has 256 valence electrons. The predicted octanol–water partition coefficient (Wildman–Crippen LogP) is 14.1. The number of fused-ring (bicyclic) bond motifs is 16. The van der Waals surface area contributed by atoms with Gasteiger partial charge in [0.1, 0.15) is 0 Å². The maximum atomic E-state index is 4.86. The van der Waals surface area contributed by atoms with Crippen molar-refractivity contribution in [1.82, 2.24) is 9.13 Å². The van der Waals surface area contributed by atoms with E-state index in [-0.39, 0.29) is 5.41 Å². The topological polar surface area (TPSA) is 9.86 Å². The van der Waals surface area contributed by atoms with Crippen molar-refractivity contribution in [3.05, 3.63) is 188 Å². The van der Waals surface area contributed by atoms with Crippen molar-refractivity contribution in [3.8, 4) is 11.4 Å². The van der Waals surface area contributed by atoms with Crippen molar-refractivity contribution < 1.29 is 0 Å². The number of aromatic nitrogens is 2. The summed E-state index contributed by atoms with van der Waals surface area (Å²) in [5.74, 6) is 0. The summed E-state index contributed by atoms with van der Waals surface area (Å²) >= 11 is 0. The smallest absolute Gasteiger partial charge is 0.0630 e. The lowest BCUT2D eigenvalue weighted by Crippen LogP contribution is -2.20. The van der Waals surface area contributed by atoms with E-state index in [4.69, 9.17) is 6.58 Å². The number of nitrogens with zero attached hydrogens (tertiary/aromatic N) is 2. The van der Waals surface area contributed by atoms with Gasteiger partial charge in [-0.1, -0.05) is 154 Å². The molecule has 2 heterocycles. The van der Waals surface area contributed by atoms with E-state index in [0.29, 0.717) is 0 Å². The van der Waals surface area contributed by atoms with Crippen LogP contribution in [0.4, 0.5) is 0 Å². The van der Waals surface area contributed by atoms with Gasteiger partial charge in [0.15, 0.2) is 0 Å². The summed E-state index contributed by atoms with van der Waals surface area (Å²) in [4.78, 5) is 0. The number of rotatable bonds is 2. The van der Waals surface area contributed by atoms with Crippen LogP contribution >= 0.6 is 0 Å². The van der Waals surface area contributed by atoms with E-state index in [0.717, 1.165) is 23.4 Å². The van der Waals surface area contributed by atoms with Crippen LogP contribution in [-0.4, -0.2) is 9.13 Å². The quantitative estimate of drug-likeness (QED) is 0.160. The summed E-state index contributed by atoms with van der Waals surface area (Å²) in [5.41, 5.74) is 10.5. The van der Waals surface area contributed by atoms with E-state index in [1.807, 2.05) is 0 Å². The molecule has 8 aromatic carbocycles. The zero-order valence-corrected chi connectivity index (χ0v) is 30.5. The minimum absolute atomic E-state index is 0.228. The van der Waals surface area contributed by atoms with Gasteiger partial charge in [0.2, 0.25) is 0 Å². The molecule has 0 N–H and O–H groups in total. The van der Waals surface area contributed by atoms with Gasteiger partial charge in [-0.2, -0.15) is 0 Å². The first-order valence-electron chi connectivity index (χ1n) is 19.0. The van der Waals surface area contributed by atoms with E-state index in [1.165, 1.54) is 87.1 Å². The monoisotopic (exact) mass is 690 g/mol. The Hall–Kier alpha value is -6.64. The lowest BCUT2D eigenvalue weighted by atomic mass is 9.75. The van der Waals surface area contributed by atoms with Crippen LogP contribution < -0.4 is 0 Å². The van der Waals surface area contributed by atoms with Gasteiger partial charge >= 0.3 is 0 Å². The first-order chi connectivity index (χ1) is 26.5. The third-order valence-electron chi connectivity index (χ3n) is 11.9. The molecule has 0 saturated heterocycles. The Bertz CT molecular complexity index is 3240. The fraction of sp³-hybridized carbons (Fsp3) is 0.0769. The summed E-state index contributed by atoms with van der Waals surface area (Å²) in [7, 11) is 0. The average molecular weight is 691 g/mol. The minimum atomic E-state index is -0.228. The van der Waals surface area contributed by atoms with Gasteiger partial charge in [-0.25, -0.2) is 0 Å². The molecule has 0 aliphatic heterocycles. The molecule has 0 bridgehead atoms. The Labute approximate surface area is 314 Å². The Morgan fingerprint density at radius 2 is 0.981 bits per heavy atom. The fourth-order valence-corrected chi connectivity index (χ4v) is 9.61. The first kappa shape index (κ1) is 30.9. The molecule has 0 fully saturated rings. The molecule has 0 saturated carbocycles. The maximum Gasteiger partial charge on any atom is 0.0630 e. The van der Waals surface area contributed by atoms with Crippen LogP contribution in [0.5, 0.6) is 0 Å². The lowest BCUT2D eigenvalue weighted by molar-refractivity contribution is 0.537. The summed E-state index contributed by atoms with van der Waals surface area (Å²) in [6.45, 7) is 9.68. The van der Waals surface area contributed by atoms with E-state index >= 15 is 0 Å². The molecule has 1 aliphatic carbocycles. The fourth-order valence-electron chi connectivity index (χ4n) is 9.61. The van der Waals surface area contributed by atoms with Gasteiger partial charge in [0, 0.05) is 38.5 Å². The van der Waals surface area contributed by atoms with Crippen LogP contribution in [0.25, 0.3) is 92.9 Å². The second kappa shape index (κ2) is 11.4. The Kier molecular flexibility index (Phi) is 6.55. The van der Waals surface area contributed by atoms with Crippen molar-refractivity contribution in [2.75, 3.05) is 0 Å². The van der Waals surface area contributed by atoms with Gasteiger partial charge in [-0.3, -0.25) is 0 Å². The van der Waals surface area contributed by atoms with Gasteiger partial charge in [-0.15, -0.1) is 0 Å². The molecule has 10 aromatic rings. The maximum absolute atomic E-state index is 4.86. The molecule has 1 aliphatic rings. The molecular weight excluding hydrogens is 653 g/mol. The highest BCUT2D eigenvalue weighted by molar-refractivity contribution is 6.32. The molecule has 2 aromatic heterocycles. The van der Waals surface area contributed by atoms with Crippen molar-refractivity contribution in [3.63, 3.8) is 0 Å². The van der Waals surface area contributed by atoms with Gasteiger partial charge in [0.05, 0.1) is 22.1 Å². The Morgan fingerprint density at radius 3 is 1.61 bits per heavy atom. The second-order valence-electron chi connectivity index (χ2n) is 15.5. The second-order valence-corrected chi connectivity index (χ2v) is 15.5. The largest absolute Gasteiger partial charge is 0.309 e. The molecule has 0 atom stereocenters. The summed E-state index contributed by atoms with van der Waals surface area (Å²) in [6, 6.07) is 53.7. The van der Waals surface area contributed by atoms with Crippen LogP contribution in [0, 0.1) is 0 Å². The molecule has 0 radical (unpaired) electrons. The van der Waals surface area contributed by atoms with Crippen LogP contribution in [0.3, 0.4) is 0 Å². The number of allylic oxidation sites excluding steroid dienone is 5. The number of hydrogen-bond acceptors (Lipinski definition) is 0. The van der Waals surface area contributed by atoms with E-state index in [9.17, 15) is 0 Å². The normalized spacial score (nSPS) is 15.6. The molecular formula is C52H38N2. The number of para-hydroxylation sites is 3. The highest BCUT2D eigenvalue weighted by Crippen LogP contribution is 2.51. The molecule has 54 heavy (non-hydrogen) atoms. The summed E-state index contributed by atoms with van der Waals surface area (Å²) in [5, 5.41) is 12.7. The standard InChI is InChI=1S/C52H38N2/c1-33-18-6-5-17-31-52(2,3)49-46(33)50-47(48-42-26-14-15-27-44(42)53(51(48)49)34-19-7-4-8-20-34)41-25-13-16-28-45(41)54(50)35-29-30-40-38-23-10-9-21-36(38)37-22-11-12-24-39(37)43(40)32-35/h4-30,32H,1,31H2,2-3H3/b17-5-,18-6-. The zero-order chi connectivity index (χ0) is 36.1. The molecule has 2 heteroatoms. The van der Waals surface area contributed by atoms with Crippen molar-refractivity contribution in [1.29, 1.82) is 0 Å². The van der Waals surface area contributed by atoms with Crippen molar-refractivity contribution in [2.24, 2.45) is 0 Å². The van der Waals surface area contributed by atoms with Gasteiger partial charge < -0.3 is 9.13 Å². The molecule has 0 amide bonds. The molecule has 11 rings (SSSR count). The molecule has 2 nitrogen and oxygen atoms in total. The molecule has 0 unspecified atom stereocenters. The van der Waals surface area contributed by atoms with Crippen molar-refractivity contribution in [2.45, 2.75) is 25.7 Å². The average Bonchev–Trinajstić information content (AvgIpc) is 3.74. The first-order valence-corrected chi connectivity index (χ1v) is 19.0. The third kappa shape index (κ3) is 4.22. The Balaban J connectivity index is 1.41. The van der Waals surface area contributed by atoms with Gasteiger partial charge in [0.25, 0.3) is 0 Å². The van der Waals surface area contributed by atoms with Crippen LogP contribution in [0.1, 0.15) is 31.4 Å². The van der Waals surface area contributed by atoms with Crippen LogP contribution in [0.2, 0.25) is 0 Å². The zero-order valence-electron chi connectivity index (χ0n) is 30.5. The van der Waals surface area contributed by atoms with Crippen LogP contribution in [0.15, 0.2) is 176 Å². The SMILES string of the molecule is C=C1/C=C\C=C/CC(C)(C)c2c1c1c(c3ccccc3n1-c1ccc3c4ccccc4c4ccccc4c3c1)c1c3ccccc3n(-c3ccccc3)c21. The van der Waals surface area contributed by atoms with Crippen molar-refractivity contribution >= 4 is 81.5 Å². The number of hydrogen-bond donors (Lipinski definition) is 0. The summed E-state index contributed by atoms with van der Waals surface area (Å²) < 4.78 is 5.06. The van der Waals surface area contributed by atoms with Crippen LogP contribution in [-0.2, 0) is 5.41 Å². The minimum Gasteiger partial charge on any atom is -0.309 e. The Morgan fingerprint density at radius 1 is 0.481 bits per heavy atom. The predicted molar refractivity (Wildman–Crippen MR) is 233 cm³/mol. The van der Waals surface area contributed by atoms with Gasteiger partial charge in [-0.05, 0) is 91.7 Å². The lowest BCUT2D eigenvalue weighted by Gasteiger charge is -2.30. The highest BCUT2D eigenvalue weighted by Gasteiger charge is 2.34. The summed E-state index contributed by atoms with van der Waals surface area (Å²) in [6.07, 6.45) is 9.77. The van der Waals surface area contributed by atoms with E-state index < -0.39 is 0 Å². The molecule has 0 spiro atoms. The van der Waals surface area contributed by atoms with E-state index in [1.54, 1.807) is 0 Å². The highest BCUT2D eigenvalue weighted by atomic mass is 15.0.